The van der Waals surface area contributed by atoms with Gasteiger partial charge in [-0.3, -0.25) is 4.79 Å². The predicted octanol–water partition coefficient (Wildman–Crippen LogP) is 2.72. The molecule has 0 saturated heterocycles. The minimum atomic E-state index is -0.144. The molecule has 2 aromatic heterocycles. The summed E-state index contributed by atoms with van der Waals surface area (Å²) < 4.78 is 6.88. The molecular formula is C22H28N6O2. The van der Waals surface area contributed by atoms with Crippen molar-refractivity contribution in [2.45, 2.75) is 20.8 Å². The number of rotatable bonds is 9. The fourth-order valence-corrected chi connectivity index (χ4v) is 3.19. The van der Waals surface area contributed by atoms with Gasteiger partial charge < -0.3 is 15.0 Å². The van der Waals surface area contributed by atoms with Gasteiger partial charge in [-0.05, 0) is 38.2 Å². The molecule has 0 radical (unpaired) electrons. The van der Waals surface area contributed by atoms with Crippen molar-refractivity contribution in [3.05, 3.63) is 54.0 Å². The van der Waals surface area contributed by atoms with Gasteiger partial charge in [-0.15, -0.1) is 0 Å². The van der Waals surface area contributed by atoms with E-state index in [1.54, 1.807) is 24.2 Å². The lowest BCUT2D eigenvalue weighted by molar-refractivity contribution is 0.0948. The van der Waals surface area contributed by atoms with E-state index in [9.17, 15) is 4.79 Å². The van der Waals surface area contributed by atoms with E-state index in [1.807, 2.05) is 37.3 Å². The highest BCUT2D eigenvalue weighted by atomic mass is 16.5. The number of nitrogens with one attached hydrogen (secondary N) is 1. The smallest absolute Gasteiger partial charge is 0.254 e. The number of aromatic nitrogens is 4. The molecule has 8 heteroatoms. The first-order valence-electron chi connectivity index (χ1n) is 10.1. The second-order valence-corrected chi connectivity index (χ2v) is 6.81. The fourth-order valence-electron chi connectivity index (χ4n) is 3.19. The van der Waals surface area contributed by atoms with Crippen molar-refractivity contribution >= 4 is 5.91 Å². The molecule has 0 bridgehead atoms. The van der Waals surface area contributed by atoms with E-state index in [4.69, 9.17) is 4.74 Å². The maximum atomic E-state index is 12.6. The topological polar surface area (TPSA) is 85.2 Å². The third-order valence-electron chi connectivity index (χ3n) is 5.06. The molecule has 0 unspecified atom stereocenters. The van der Waals surface area contributed by atoms with Crippen molar-refractivity contribution < 1.29 is 9.53 Å². The molecule has 3 aromatic rings. The summed E-state index contributed by atoms with van der Waals surface area (Å²) in [4.78, 5) is 23.8. The number of carbonyl (C=O) groups excluding carboxylic acids is 1. The fraction of sp³-hybridized carbons (Fsp3) is 0.364. The summed E-state index contributed by atoms with van der Waals surface area (Å²) in [5, 5.41) is 7.31. The Morgan fingerprint density at radius 1 is 1.23 bits per heavy atom. The average Bonchev–Trinajstić information content (AvgIpc) is 3.18. The monoisotopic (exact) mass is 408 g/mol. The molecule has 30 heavy (non-hydrogen) atoms. The van der Waals surface area contributed by atoms with Crippen LogP contribution in [0.15, 0.2) is 42.7 Å². The predicted molar refractivity (Wildman–Crippen MR) is 116 cm³/mol. The van der Waals surface area contributed by atoms with E-state index < -0.39 is 0 Å². The van der Waals surface area contributed by atoms with Crippen LogP contribution in [-0.2, 0) is 0 Å². The highest BCUT2D eigenvalue weighted by Gasteiger charge is 2.17. The van der Waals surface area contributed by atoms with Crippen LogP contribution in [0.1, 0.15) is 29.9 Å². The van der Waals surface area contributed by atoms with E-state index in [0.717, 1.165) is 36.6 Å². The summed E-state index contributed by atoms with van der Waals surface area (Å²) in [6.45, 7) is 9.39. The zero-order valence-corrected chi connectivity index (χ0v) is 17.9. The number of methoxy groups -OCH3 is 1. The number of carbonyl (C=O) groups is 1. The van der Waals surface area contributed by atoms with Crippen LogP contribution in [0.2, 0.25) is 0 Å². The zero-order valence-electron chi connectivity index (χ0n) is 17.9. The van der Waals surface area contributed by atoms with Gasteiger partial charge in [0, 0.05) is 24.8 Å². The zero-order chi connectivity index (χ0) is 21.5. The summed E-state index contributed by atoms with van der Waals surface area (Å²) >= 11 is 0. The molecule has 1 N–H and O–H groups in total. The van der Waals surface area contributed by atoms with Crippen molar-refractivity contribution in [1.82, 2.24) is 30.0 Å². The summed E-state index contributed by atoms with van der Waals surface area (Å²) in [5.41, 5.74) is 2.87. The van der Waals surface area contributed by atoms with E-state index in [2.05, 4.69) is 39.1 Å². The molecule has 0 atom stereocenters. The molecule has 0 fully saturated rings. The van der Waals surface area contributed by atoms with Crippen molar-refractivity contribution in [3.8, 4) is 23.0 Å². The number of hydrogen-bond donors (Lipinski definition) is 1. The Kier molecular flexibility index (Phi) is 7.13. The molecule has 158 valence electrons. The number of hydrogen-bond acceptors (Lipinski definition) is 6. The number of amides is 1. The maximum Gasteiger partial charge on any atom is 0.254 e. The minimum absolute atomic E-state index is 0.144. The van der Waals surface area contributed by atoms with Crippen LogP contribution >= 0.6 is 0 Å². The van der Waals surface area contributed by atoms with Gasteiger partial charge in [0.05, 0.1) is 30.3 Å². The van der Waals surface area contributed by atoms with Gasteiger partial charge in [-0.1, -0.05) is 26.0 Å². The molecule has 1 aromatic carbocycles. The molecule has 3 rings (SSSR count). The van der Waals surface area contributed by atoms with Crippen LogP contribution < -0.4 is 10.1 Å². The molecule has 0 aliphatic heterocycles. The van der Waals surface area contributed by atoms with Crippen molar-refractivity contribution in [1.29, 1.82) is 0 Å². The van der Waals surface area contributed by atoms with Gasteiger partial charge in [0.2, 0.25) is 0 Å². The Morgan fingerprint density at radius 2 is 2.03 bits per heavy atom. The number of ether oxygens (including phenoxy) is 1. The third-order valence-corrected chi connectivity index (χ3v) is 5.06. The first-order chi connectivity index (χ1) is 14.6. The lowest BCUT2D eigenvalue weighted by atomic mass is 10.1. The SMILES string of the molecule is CCN(CC)CCNC(=O)c1cnn(-c2nccc(-c3cccc(OC)c3)n2)c1C. The summed E-state index contributed by atoms with van der Waals surface area (Å²) in [5.74, 6) is 1.02. The van der Waals surface area contributed by atoms with Crippen LogP contribution in [0, 0.1) is 6.92 Å². The quantitative estimate of drug-likeness (QED) is 0.586. The highest BCUT2D eigenvalue weighted by molar-refractivity contribution is 5.95. The lowest BCUT2D eigenvalue weighted by Crippen LogP contribution is -2.34. The average molecular weight is 409 g/mol. The molecule has 0 spiro atoms. The molecule has 8 nitrogen and oxygen atoms in total. The number of nitrogens with zero attached hydrogens (tertiary/aromatic N) is 5. The number of likely N-dealkylation sites (N-methyl/N-ethyl adjacent to an activating group) is 1. The van der Waals surface area contributed by atoms with Crippen molar-refractivity contribution in [3.63, 3.8) is 0 Å². The lowest BCUT2D eigenvalue weighted by Gasteiger charge is -2.17. The molecule has 0 saturated carbocycles. The Labute approximate surface area is 176 Å². The van der Waals surface area contributed by atoms with E-state index in [0.29, 0.717) is 23.8 Å². The van der Waals surface area contributed by atoms with Crippen molar-refractivity contribution in [2.24, 2.45) is 0 Å². The molecule has 2 heterocycles. The minimum Gasteiger partial charge on any atom is -0.497 e. The third kappa shape index (κ3) is 4.83. The van der Waals surface area contributed by atoms with Gasteiger partial charge in [0.1, 0.15) is 5.75 Å². The molecule has 0 aliphatic rings. The first kappa shape index (κ1) is 21.4. The Morgan fingerprint density at radius 3 is 2.77 bits per heavy atom. The Bertz CT molecular complexity index is 997. The molecule has 1 amide bonds. The van der Waals surface area contributed by atoms with E-state index >= 15 is 0 Å². The largest absolute Gasteiger partial charge is 0.497 e. The normalized spacial score (nSPS) is 11.0. The number of benzene rings is 1. The van der Waals surface area contributed by atoms with E-state index in [-0.39, 0.29) is 5.91 Å². The van der Waals surface area contributed by atoms with Crippen LogP contribution in [0.3, 0.4) is 0 Å². The Balaban J connectivity index is 1.78. The summed E-state index contributed by atoms with van der Waals surface area (Å²) in [6.07, 6.45) is 3.24. The summed E-state index contributed by atoms with van der Waals surface area (Å²) in [7, 11) is 1.63. The summed E-state index contributed by atoms with van der Waals surface area (Å²) in [6, 6.07) is 9.50. The molecular weight excluding hydrogens is 380 g/mol. The van der Waals surface area contributed by atoms with Crippen molar-refractivity contribution in [2.75, 3.05) is 33.3 Å². The second-order valence-electron chi connectivity index (χ2n) is 6.81. The van der Waals surface area contributed by atoms with E-state index in [1.165, 1.54) is 0 Å². The van der Waals surface area contributed by atoms with Gasteiger partial charge in [0.15, 0.2) is 0 Å². The van der Waals surface area contributed by atoms with Gasteiger partial charge >= 0.3 is 0 Å². The van der Waals surface area contributed by atoms with Gasteiger partial charge in [-0.25, -0.2) is 14.6 Å². The Hall–Kier alpha value is -3.26. The van der Waals surface area contributed by atoms with Crippen LogP contribution in [0.25, 0.3) is 17.2 Å². The van der Waals surface area contributed by atoms with Crippen LogP contribution in [-0.4, -0.2) is 63.8 Å². The van der Waals surface area contributed by atoms with Crippen LogP contribution in [0.4, 0.5) is 0 Å². The second kappa shape index (κ2) is 9.98. The van der Waals surface area contributed by atoms with Gasteiger partial charge in [0.25, 0.3) is 11.9 Å². The van der Waals surface area contributed by atoms with Gasteiger partial charge in [-0.2, -0.15) is 5.10 Å². The highest BCUT2D eigenvalue weighted by Crippen LogP contribution is 2.22. The first-order valence-corrected chi connectivity index (χ1v) is 10.1. The standard InChI is InChI=1S/C22H28N6O2/c1-5-27(6-2)13-12-23-21(29)19-15-25-28(16(19)3)22-24-11-10-20(26-22)17-8-7-9-18(14-17)30-4/h7-11,14-15H,5-6,12-13H2,1-4H3,(H,23,29). The maximum absolute atomic E-state index is 12.6. The van der Waals surface area contributed by atoms with Crippen LogP contribution in [0.5, 0.6) is 5.75 Å². The molecule has 0 aliphatic carbocycles.